The van der Waals surface area contributed by atoms with Crippen LogP contribution in [0.2, 0.25) is 0 Å². The van der Waals surface area contributed by atoms with Crippen molar-refractivity contribution in [2.24, 2.45) is 0 Å². The van der Waals surface area contributed by atoms with Gasteiger partial charge < -0.3 is 15.0 Å². The third kappa shape index (κ3) is 3.47. The standard InChI is InChI=1S/C15H22N2O2/c1-11-10-17(12(2)9-16-11)15(18)8-13-4-6-14(19-3)7-5-13/h4-7,11-12,16H,8-10H2,1-3H3. The number of carbonyl (C=O) groups is 1. The fourth-order valence-corrected chi connectivity index (χ4v) is 2.39. The van der Waals surface area contributed by atoms with Crippen molar-refractivity contribution in [2.75, 3.05) is 20.2 Å². The predicted molar refractivity (Wildman–Crippen MR) is 75.3 cm³/mol. The molecule has 1 aromatic carbocycles. The molecule has 0 saturated carbocycles. The molecule has 1 aliphatic heterocycles. The zero-order valence-corrected chi connectivity index (χ0v) is 11.8. The molecule has 1 amide bonds. The van der Waals surface area contributed by atoms with Crippen molar-refractivity contribution in [1.29, 1.82) is 0 Å². The molecular weight excluding hydrogens is 240 g/mol. The molecule has 1 heterocycles. The minimum atomic E-state index is 0.200. The normalized spacial score (nSPS) is 23.2. The Hall–Kier alpha value is -1.55. The van der Waals surface area contributed by atoms with Crippen molar-refractivity contribution in [3.63, 3.8) is 0 Å². The van der Waals surface area contributed by atoms with E-state index in [0.29, 0.717) is 12.5 Å². The quantitative estimate of drug-likeness (QED) is 0.896. The molecule has 0 aliphatic carbocycles. The molecule has 104 valence electrons. The van der Waals surface area contributed by atoms with E-state index in [4.69, 9.17) is 4.74 Å². The summed E-state index contributed by atoms with van der Waals surface area (Å²) in [5, 5.41) is 3.39. The van der Waals surface area contributed by atoms with E-state index < -0.39 is 0 Å². The van der Waals surface area contributed by atoms with Crippen LogP contribution < -0.4 is 10.1 Å². The highest BCUT2D eigenvalue weighted by Crippen LogP contribution is 2.14. The SMILES string of the molecule is COc1ccc(CC(=O)N2CC(C)NCC2C)cc1. The monoisotopic (exact) mass is 262 g/mol. The van der Waals surface area contributed by atoms with Crippen LogP contribution in [0.25, 0.3) is 0 Å². The lowest BCUT2D eigenvalue weighted by Gasteiger charge is -2.37. The molecule has 1 fully saturated rings. The topological polar surface area (TPSA) is 41.6 Å². The van der Waals surface area contributed by atoms with Gasteiger partial charge in [-0.25, -0.2) is 0 Å². The van der Waals surface area contributed by atoms with E-state index in [-0.39, 0.29) is 11.9 Å². The number of nitrogens with zero attached hydrogens (tertiary/aromatic N) is 1. The molecule has 1 aromatic rings. The minimum Gasteiger partial charge on any atom is -0.497 e. The van der Waals surface area contributed by atoms with Crippen molar-refractivity contribution in [2.45, 2.75) is 32.4 Å². The Bertz CT molecular complexity index is 430. The number of hydrogen-bond acceptors (Lipinski definition) is 3. The van der Waals surface area contributed by atoms with E-state index in [2.05, 4.69) is 19.2 Å². The molecular formula is C15H22N2O2. The van der Waals surface area contributed by atoms with Crippen molar-refractivity contribution in [3.8, 4) is 5.75 Å². The molecule has 2 atom stereocenters. The smallest absolute Gasteiger partial charge is 0.227 e. The molecule has 4 nitrogen and oxygen atoms in total. The zero-order valence-electron chi connectivity index (χ0n) is 11.8. The molecule has 2 rings (SSSR count). The van der Waals surface area contributed by atoms with Crippen molar-refractivity contribution >= 4 is 5.91 Å². The number of methoxy groups -OCH3 is 1. The van der Waals surface area contributed by atoms with Crippen LogP contribution in [0.5, 0.6) is 5.75 Å². The van der Waals surface area contributed by atoms with Gasteiger partial charge in [-0.2, -0.15) is 0 Å². The van der Waals surface area contributed by atoms with Crippen LogP contribution in [0, 0.1) is 0 Å². The Morgan fingerprint density at radius 2 is 2.05 bits per heavy atom. The fraction of sp³-hybridized carbons (Fsp3) is 0.533. The summed E-state index contributed by atoms with van der Waals surface area (Å²) in [5.41, 5.74) is 1.03. The van der Waals surface area contributed by atoms with Crippen LogP contribution in [0.15, 0.2) is 24.3 Å². The first-order chi connectivity index (χ1) is 9.10. The van der Waals surface area contributed by atoms with Crippen molar-refractivity contribution in [3.05, 3.63) is 29.8 Å². The third-order valence-electron chi connectivity index (χ3n) is 3.60. The Labute approximate surface area is 114 Å². The lowest BCUT2D eigenvalue weighted by atomic mass is 10.1. The number of nitrogens with one attached hydrogen (secondary N) is 1. The molecule has 1 N–H and O–H groups in total. The lowest BCUT2D eigenvalue weighted by Crippen LogP contribution is -2.56. The molecule has 2 unspecified atom stereocenters. The number of ether oxygens (including phenoxy) is 1. The summed E-state index contributed by atoms with van der Waals surface area (Å²) in [7, 11) is 1.64. The summed E-state index contributed by atoms with van der Waals surface area (Å²) in [6, 6.07) is 8.33. The molecule has 4 heteroatoms. The molecule has 1 aliphatic rings. The van der Waals surface area contributed by atoms with Gasteiger partial charge in [0.15, 0.2) is 0 Å². The van der Waals surface area contributed by atoms with E-state index in [1.54, 1.807) is 7.11 Å². The van der Waals surface area contributed by atoms with E-state index in [1.165, 1.54) is 0 Å². The van der Waals surface area contributed by atoms with Gasteiger partial charge in [-0.05, 0) is 31.5 Å². The Kier molecular flexibility index (Phi) is 4.43. The zero-order chi connectivity index (χ0) is 13.8. The van der Waals surface area contributed by atoms with Gasteiger partial charge in [0.25, 0.3) is 0 Å². The van der Waals surface area contributed by atoms with Crippen LogP contribution in [0.4, 0.5) is 0 Å². The second-order valence-electron chi connectivity index (χ2n) is 5.23. The van der Waals surface area contributed by atoms with Gasteiger partial charge in [0.05, 0.1) is 13.5 Å². The summed E-state index contributed by atoms with van der Waals surface area (Å²) >= 11 is 0. The number of piperazine rings is 1. The van der Waals surface area contributed by atoms with Gasteiger partial charge in [0, 0.05) is 25.2 Å². The largest absolute Gasteiger partial charge is 0.497 e. The number of hydrogen-bond donors (Lipinski definition) is 1. The Balaban J connectivity index is 1.99. The van der Waals surface area contributed by atoms with Gasteiger partial charge in [-0.3, -0.25) is 4.79 Å². The second-order valence-corrected chi connectivity index (χ2v) is 5.23. The molecule has 1 saturated heterocycles. The van der Waals surface area contributed by atoms with Crippen molar-refractivity contribution in [1.82, 2.24) is 10.2 Å². The molecule has 0 radical (unpaired) electrons. The summed E-state index contributed by atoms with van der Waals surface area (Å²) in [6.45, 7) is 5.86. The van der Waals surface area contributed by atoms with Gasteiger partial charge in [0.1, 0.15) is 5.75 Å². The highest BCUT2D eigenvalue weighted by Gasteiger charge is 2.26. The summed E-state index contributed by atoms with van der Waals surface area (Å²) in [4.78, 5) is 14.3. The highest BCUT2D eigenvalue weighted by atomic mass is 16.5. The number of rotatable bonds is 3. The average molecular weight is 262 g/mol. The highest BCUT2D eigenvalue weighted by molar-refractivity contribution is 5.79. The fourth-order valence-electron chi connectivity index (χ4n) is 2.39. The van der Waals surface area contributed by atoms with E-state index in [9.17, 15) is 4.79 Å². The molecule has 0 spiro atoms. The van der Waals surface area contributed by atoms with Gasteiger partial charge in [-0.15, -0.1) is 0 Å². The van der Waals surface area contributed by atoms with Gasteiger partial charge in [-0.1, -0.05) is 12.1 Å². The number of carbonyl (C=O) groups excluding carboxylic acids is 1. The summed E-state index contributed by atoms with van der Waals surface area (Å²) < 4.78 is 5.12. The summed E-state index contributed by atoms with van der Waals surface area (Å²) in [6.07, 6.45) is 0.459. The Morgan fingerprint density at radius 3 is 2.68 bits per heavy atom. The van der Waals surface area contributed by atoms with E-state index in [1.807, 2.05) is 29.2 Å². The third-order valence-corrected chi connectivity index (χ3v) is 3.60. The van der Waals surface area contributed by atoms with E-state index in [0.717, 1.165) is 24.4 Å². The molecule has 19 heavy (non-hydrogen) atoms. The van der Waals surface area contributed by atoms with Crippen LogP contribution >= 0.6 is 0 Å². The van der Waals surface area contributed by atoms with Crippen LogP contribution in [0.1, 0.15) is 19.4 Å². The maximum Gasteiger partial charge on any atom is 0.227 e. The molecule has 0 bridgehead atoms. The summed E-state index contributed by atoms with van der Waals surface area (Å²) in [5.74, 6) is 1.02. The maximum atomic E-state index is 12.3. The minimum absolute atomic E-state index is 0.200. The van der Waals surface area contributed by atoms with Crippen molar-refractivity contribution < 1.29 is 9.53 Å². The second kappa shape index (κ2) is 6.06. The maximum absolute atomic E-state index is 12.3. The van der Waals surface area contributed by atoms with Gasteiger partial charge in [0.2, 0.25) is 5.91 Å². The van der Waals surface area contributed by atoms with Crippen LogP contribution in [0.3, 0.4) is 0 Å². The first-order valence-electron chi connectivity index (χ1n) is 6.76. The van der Waals surface area contributed by atoms with Crippen LogP contribution in [-0.2, 0) is 11.2 Å². The first-order valence-corrected chi connectivity index (χ1v) is 6.76. The average Bonchev–Trinajstić information content (AvgIpc) is 2.42. The lowest BCUT2D eigenvalue weighted by molar-refractivity contribution is -0.133. The first kappa shape index (κ1) is 13.9. The Morgan fingerprint density at radius 1 is 1.37 bits per heavy atom. The predicted octanol–water partition coefficient (Wildman–Crippen LogP) is 1.45. The van der Waals surface area contributed by atoms with E-state index >= 15 is 0 Å². The van der Waals surface area contributed by atoms with Gasteiger partial charge >= 0.3 is 0 Å². The number of benzene rings is 1. The number of amides is 1. The molecule has 0 aromatic heterocycles. The van der Waals surface area contributed by atoms with Crippen LogP contribution in [-0.4, -0.2) is 43.1 Å².